The van der Waals surface area contributed by atoms with Crippen molar-refractivity contribution in [2.75, 3.05) is 33.3 Å². The zero-order valence-corrected chi connectivity index (χ0v) is 19.3. The number of aliphatic hydroxyl groups excluding tert-OH is 1. The van der Waals surface area contributed by atoms with Crippen LogP contribution in [0.15, 0.2) is 54.1 Å². The van der Waals surface area contributed by atoms with Gasteiger partial charge in [0.05, 0.1) is 18.7 Å². The van der Waals surface area contributed by atoms with Crippen molar-refractivity contribution in [3.05, 3.63) is 70.8 Å². The van der Waals surface area contributed by atoms with Crippen LogP contribution in [0, 0.1) is 0 Å². The molecule has 1 fully saturated rings. The first-order valence-electron chi connectivity index (χ1n) is 11.2. The molecule has 0 bridgehead atoms. The quantitative estimate of drug-likeness (QED) is 0.365. The fourth-order valence-electron chi connectivity index (χ4n) is 4.11. The molecule has 0 aliphatic carbocycles. The fraction of sp³-hybridized carbons (Fsp3) is 0.385. The van der Waals surface area contributed by atoms with Gasteiger partial charge in [0.2, 0.25) is 0 Å². The number of likely N-dealkylation sites (N-methyl/N-ethyl adjacent to an activating group) is 1. The third-order valence-electron chi connectivity index (χ3n) is 6.14. The molecular formula is C26H32N2O4. The lowest BCUT2D eigenvalue weighted by atomic mass is 9.94. The molecule has 1 atom stereocenters. The second-order valence-corrected chi connectivity index (χ2v) is 7.85. The third-order valence-corrected chi connectivity index (χ3v) is 6.14. The van der Waals surface area contributed by atoms with Gasteiger partial charge in [-0.3, -0.25) is 9.59 Å². The summed E-state index contributed by atoms with van der Waals surface area (Å²) in [5, 5.41) is 11.2. The van der Waals surface area contributed by atoms with Gasteiger partial charge < -0.3 is 19.6 Å². The number of amides is 1. The highest BCUT2D eigenvalue weighted by Gasteiger charge is 2.45. The van der Waals surface area contributed by atoms with Crippen molar-refractivity contribution in [2.24, 2.45) is 0 Å². The molecule has 170 valence electrons. The largest absolute Gasteiger partial charge is 0.507 e. The Balaban J connectivity index is 2.10. The Kier molecular flexibility index (Phi) is 7.70. The van der Waals surface area contributed by atoms with Crippen LogP contribution in [0.2, 0.25) is 0 Å². The van der Waals surface area contributed by atoms with E-state index >= 15 is 0 Å². The van der Waals surface area contributed by atoms with Crippen LogP contribution in [-0.2, 0) is 16.0 Å². The average molecular weight is 437 g/mol. The van der Waals surface area contributed by atoms with E-state index in [1.165, 1.54) is 5.56 Å². The number of ketones is 1. The molecule has 1 N–H and O–H groups in total. The summed E-state index contributed by atoms with van der Waals surface area (Å²) in [5.41, 5.74) is 2.54. The highest BCUT2D eigenvalue weighted by molar-refractivity contribution is 6.46. The normalized spacial score (nSPS) is 17.9. The number of benzene rings is 2. The second-order valence-electron chi connectivity index (χ2n) is 7.85. The summed E-state index contributed by atoms with van der Waals surface area (Å²) < 4.78 is 5.26. The molecule has 2 aromatic carbocycles. The maximum Gasteiger partial charge on any atom is 0.295 e. The number of aliphatic hydroxyl groups is 1. The van der Waals surface area contributed by atoms with Crippen molar-refractivity contribution in [2.45, 2.75) is 33.2 Å². The highest BCUT2D eigenvalue weighted by atomic mass is 16.5. The molecule has 0 spiro atoms. The molecule has 1 amide bonds. The molecule has 32 heavy (non-hydrogen) atoms. The molecule has 0 saturated carbocycles. The molecule has 1 aliphatic rings. The lowest BCUT2D eigenvalue weighted by Crippen LogP contribution is -2.38. The molecule has 1 aliphatic heterocycles. The van der Waals surface area contributed by atoms with Gasteiger partial charge in [-0.1, -0.05) is 57.2 Å². The molecule has 0 radical (unpaired) electrons. The number of hydrogen-bond donors (Lipinski definition) is 1. The van der Waals surface area contributed by atoms with Gasteiger partial charge in [0.1, 0.15) is 11.5 Å². The van der Waals surface area contributed by atoms with Crippen molar-refractivity contribution in [3.63, 3.8) is 0 Å². The fourth-order valence-corrected chi connectivity index (χ4v) is 4.11. The average Bonchev–Trinajstić information content (AvgIpc) is 3.09. The number of methoxy groups -OCH3 is 1. The molecule has 1 unspecified atom stereocenters. The Bertz CT molecular complexity index is 993. The number of ether oxygens (including phenoxy) is 1. The summed E-state index contributed by atoms with van der Waals surface area (Å²) in [5.74, 6) is -0.855. The minimum atomic E-state index is -0.658. The SMILES string of the molecule is CCc1ccc(C2C(=C(O)c3cccc(OC)c3)C(=O)C(=O)N2CCN(CC)CC)cc1. The Labute approximate surface area is 190 Å². The van der Waals surface area contributed by atoms with Gasteiger partial charge in [-0.15, -0.1) is 0 Å². The van der Waals surface area contributed by atoms with Gasteiger partial charge in [-0.2, -0.15) is 0 Å². The number of carbonyl (C=O) groups excluding carboxylic acids is 2. The van der Waals surface area contributed by atoms with Crippen LogP contribution in [0.5, 0.6) is 5.75 Å². The van der Waals surface area contributed by atoms with E-state index in [0.717, 1.165) is 25.1 Å². The van der Waals surface area contributed by atoms with E-state index in [1.807, 2.05) is 24.3 Å². The number of aryl methyl sites for hydroxylation is 1. The van der Waals surface area contributed by atoms with E-state index < -0.39 is 17.7 Å². The number of carbonyl (C=O) groups is 2. The van der Waals surface area contributed by atoms with Gasteiger partial charge in [-0.05, 0) is 42.8 Å². The van der Waals surface area contributed by atoms with Gasteiger partial charge in [0, 0.05) is 18.7 Å². The Morgan fingerprint density at radius 1 is 1.06 bits per heavy atom. The van der Waals surface area contributed by atoms with Crippen LogP contribution in [0.3, 0.4) is 0 Å². The first-order chi connectivity index (χ1) is 15.4. The molecule has 6 nitrogen and oxygen atoms in total. The van der Waals surface area contributed by atoms with Crippen molar-refractivity contribution < 1.29 is 19.4 Å². The molecule has 1 saturated heterocycles. The van der Waals surface area contributed by atoms with E-state index in [0.29, 0.717) is 24.4 Å². The Morgan fingerprint density at radius 2 is 1.75 bits per heavy atom. The number of likely N-dealkylation sites (tertiary alicyclic amines) is 1. The summed E-state index contributed by atoms with van der Waals surface area (Å²) in [6, 6.07) is 14.1. The van der Waals surface area contributed by atoms with Crippen molar-refractivity contribution in [1.82, 2.24) is 9.80 Å². The lowest BCUT2D eigenvalue weighted by molar-refractivity contribution is -0.140. The smallest absolute Gasteiger partial charge is 0.295 e. The van der Waals surface area contributed by atoms with Crippen LogP contribution < -0.4 is 4.74 Å². The Hall–Kier alpha value is -3.12. The Morgan fingerprint density at radius 3 is 2.34 bits per heavy atom. The zero-order valence-electron chi connectivity index (χ0n) is 19.3. The van der Waals surface area contributed by atoms with Crippen LogP contribution in [-0.4, -0.2) is 59.9 Å². The number of nitrogens with zero attached hydrogens (tertiary/aromatic N) is 2. The van der Waals surface area contributed by atoms with E-state index in [4.69, 9.17) is 4.74 Å². The van der Waals surface area contributed by atoms with E-state index in [9.17, 15) is 14.7 Å². The first-order valence-corrected chi connectivity index (χ1v) is 11.2. The van der Waals surface area contributed by atoms with E-state index in [2.05, 4.69) is 25.7 Å². The molecule has 1 heterocycles. The summed E-state index contributed by atoms with van der Waals surface area (Å²) in [6.07, 6.45) is 0.895. The zero-order chi connectivity index (χ0) is 23.3. The van der Waals surface area contributed by atoms with Gasteiger partial charge in [-0.25, -0.2) is 0 Å². The minimum absolute atomic E-state index is 0.118. The van der Waals surface area contributed by atoms with Crippen molar-refractivity contribution >= 4 is 17.4 Å². The summed E-state index contributed by atoms with van der Waals surface area (Å²) in [6.45, 7) is 9.00. The maximum atomic E-state index is 13.1. The number of hydrogen-bond acceptors (Lipinski definition) is 5. The second kappa shape index (κ2) is 10.5. The molecule has 6 heteroatoms. The summed E-state index contributed by atoms with van der Waals surface area (Å²) in [4.78, 5) is 30.0. The monoisotopic (exact) mass is 436 g/mol. The first kappa shape index (κ1) is 23.5. The van der Waals surface area contributed by atoms with Gasteiger partial charge in [0.25, 0.3) is 11.7 Å². The van der Waals surface area contributed by atoms with Gasteiger partial charge in [0.15, 0.2) is 0 Å². The standard InChI is InChI=1S/C26H32N2O4/c1-5-18-11-13-19(14-12-18)23-22(24(29)20-9-8-10-21(17-20)32-4)25(30)26(31)28(23)16-15-27(6-2)7-3/h8-14,17,23,29H,5-7,15-16H2,1-4H3. The summed E-state index contributed by atoms with van der Waals surface area (Å²) >= 11 is 0. The molecular weight excluding hydrogens is 404 g/mol. The highest BCUT2D eigenvalue weighted by Crippen LogP contribution is 2.39. The number of Topliss-reactive ketones (excluding diaryl/α,β-unsaturated/α-hetero) is 1. The van der Waals surface area contributed by atoms with Crippen LogP contribution >= 0.6 is 0 Å². The van der Waals surface area contributed by atoms with Crippen LogP contribution in [0.1, 0.15) is 43.5 Å². The number of rotatable bonds is 9. The predicted octanol–water partition coefficient (Wildman–Crippen LogP) is 4.02. The van der Waals surface area contributed by atoms with Crippen molar-refractivity contribution in [3.8, 4) is 5.75 Å². The molecule has 2 aromatic rings. The molecule has 0 aromatic heterocycles. The van der Waals surface area contributed by atoms with E-state index in [1.54, 1.807) is 36.3 Å². The lowest BCUT2D eigenvalue weighted by Gasteiger charge is -2.28. The van der Waals surface area contributed by atoms with Crippen molar-refractivity contribution in [1.29, 1.82) is 0 Å². The third kappa shape index (κ3) is 4.70. The van der Waals surface area contributed by atoms with Gasteiger partial charge >= 0.3 is 0 Å². The molecule has 3 rings (SSSR count). The van der Waals surface area contributed by atoms with Crippen LogP contribution in [0.25, 0.3) is 5.76 Å². The maximum absolute atomic E-state index is 13.1. The summed E-state index contributed by atoms with van der Waals surface area (Å²) in [7, 11) is 1.54. The minimum Gasteiger partial charge on any atom is -0.507 e. The van der Waals surface area contributed by atoms with Crippen LogP contribution in [0.4, 0.5) is 0 Å². The predicted molar refractivity (Wildman–Crippen MR) is 126 cm³/mol. The van der Waals surface area contributed by atoms with E-state index in [-0.39, 0.29) is 11.3 Å². The topological polar surface area (TPSA) is 70.1 Å².